The van der Waals surface area contributed by atoms with Crippen LogP contribution in [0.15, 0.2) is 28.8 Å². The Kier molecular flexibility index (Phi) is 4.89. The van der Waals surface area contributed by atoms with E-state index in [1.54, 1.807) is 6.07 Å². The van der Waals surface area contributed by atoms with Gasteiger partial charge in [-0.2, -0.15) is 4.98 Å². The molecule has 0 saturated carbocycles. The quantitative estimate of drug-likeness (QED) is 0.879. The standard InChI is InChI=1S/C14H16F3N3O2/c1-9(2)6-12-19-13(22-20-12)8-18-10-4-3-5-11(7-10)21-14(15,16)17/h3-5,7,9,18H,6,8H2,1-2H3. The van der Waals surface area contributed by atoms with Crippen molar-refractivity contribution in [3.63, 3.8) is 0 Å². The van der Waals surface area contributed by atoms with Gasteiger partial charge in [0.1, 0.15) is 5.75 Å². The molecule has 2 aromatic rings. The summed E-state index contributed by atoms with van der Waals surface area (Å²) in [5, 5.41) is 6.75. The number of benzene rings is 1. The molecule has 0 fully saturated rings. The van der Waals surface area contributed by atoms with Crippen molar-refractivity contribution in [1.29, 1.82) is 0 Å². The van der Waals surface area contributed by atoms with Crippen molar-refractivity contribution in [2.45, 2.75) is 33.2 Å². The summed E-state index contributed by atoms with van der Waals surface area (Å²) in [6.45, 7) is 4.31. The summed E-state index contributed by atoms with van der Waals surface area (Å²) >= 11 is 0. The number of nitrogens with one attached hydrogen (secondary N) is 1. The number of hydrogen-bond acceptors (Lipinski definition) is 5. The Morgan fingerprint density at radius 3 is 2.77 bits per heavy atom. The second-order valence-corrected chi connectivity index (χ2v) is 5.13. The lowest BCUT2D eigenvalue weighted by molar-refractivity contribution is -0.274. The van der Waals surface area contributed by atoms with Gasteiger partial charge in [0.05, 0.1) is 6.54 Å². The van der Waals surface area contributed by atoms with Crippen LogP contribution in [0.1, 0.15) is 25.6 Å². The topological polar surface area (TPSA) is 60.2 Å². The molecule has 0 saturated heterocycles. The minimum Gasteiger partial charge on any atom is -0.406 e. The van der Waals surface area contributed by atoms with Crippen LogP contribution in [0.4, 0.5) is 18.9 Å². The molecular weight excluding hydrogens is 299 g/mol. The van der Waals surface area contributed by atoms with Crippen LogP contribution in [0.3, 0.4) is 0 Å². The molecule has 1 heterocycles. The normalized spacial score (nSPS) is 11.7. The van der Waals surface area contributed by atoms with Crippen LogP contribution in [-0.2, 0) is 13.0 Å². The van der Waals surface area contributed by atoms with Gasteiger partial charge in [0.25, 0.3) is 0 Å². The summed E-state index contributed by atoms with van der Waals surface area (Å²) < 4.78 is 45.4. The van der Waals surface area contributed by atoms with E-state index >= 15 is 0 Å². The molecule has 120 valence electrons. The highest BCUT2D eigenvalue weighted by Crippen LogP contribution is 2.25. The predicted molar refractivity (Wildman–Crippen MR) is 73.3 cm³/mol. The molecule has 0 bridgehead atoms. The van der Waals surface area contributed by atoms with E-state index in [2.05, 4.69) is 20.2 Å². The first-order chi connectivity index (χ1) is 10.3. The SMILES string of the molecule is CC(C)Cc1noc(CNc2cccc(OC(F)(F)F)c2)n1. The highest BCUT2D eigenvalue weighted by atomic mass is 19.4. The van der Waals surface area contributed by atoms with E-state index in [1.165, 1.54) is 18.2 Å². The molecule has 1 N–H and O–H groups in total. The van der Waals surface area contributed by atoms with E-state index in [4.69, 9.17) is 4.52 Å². The van der Waals surface area contributed by atoms with E-state index in [-0.39, 0.29) is 12.3 Å². The first kappa shape index (κ1) is 16.1. The maximum atomic E-state index is 12.2. The van der Waals surface area contributed by atoms with Crippen molar-refractivity contribution in [3.05, 3.63) is 36.0 Å². The van der Waals surface area contributed by atoms with Gasteiger partial charge in [0.2, 0.25) is 5.89 Å². The molecule has 0 spiro atoms. The maximum Gasteiger partial charge on any atom is 0.573 e. The van der Waals surface area contributed by atoms with E-state index in [0.717, 1.165) is 0 Å². The summed E-state index contributed by atoms with van der Waals surface area (Å²) in [6, 6.07) is 5.56. The van der Waals surface area contributed by atoms with Crippen molar-refractivity contribution in [3.8, 4) is 5.75 Å². The Bertz CT molecular complexity index is 611. The van der Waals surface area contributed by atoms with Crippen molar-refractivity contribution >= 4 is 5.69 Å². The molecule has 0 aliphatic heterocycles. The molecule has 1 aromatic heterocycles. The summed E-state index contributed by atoms with van der Waals surface area (Å²) in [5.41, 5.74) is 0.463. The first-order valence-electron chi connectivity index (χ1n) is 6.73. The molecule has 0 radical (unpaired) electrons. The number of halogens is 3. The molecule has 5 nitrogen and oxygen atoms in total. The van der Waals surface area contributed by atoms with Gasteiger partial charge in [-0.05, 0) is 18.1 Å². The molecule has 0 aliphatic rings. The lowest BCUT2D eigenvalue weighted by Crippen LogP contribution is -2.17. The Labute approximate surface area is 125 Å². The highest BCUT2D eigenvalue weighted by molar-refractivity contribution is 5.48. The third kappa shape index (κ3) is 5.27. The molecule has 1 aromatic carbocycles. The van der Waals surface area contributed by atoms with E-state index in [0.29, 0.717) is 29.7 Å². The Morgan fingerprint density at radius 2 is 2.09 bits per heavy atom. The van der Waals surface area contributed by atoms with Gasteiger partial charge in [-0.25, -0.2) is 0 Å². The third-order valence-electron chi connectivity index (χ3n) is 2.61. The number of alkyl halides is 3. The van der Waals surface area contributed by atoms with Crippen LogP contribution in [0, 0.1) is 5.92 Å². The molecule has 0 amide bonds. The summed E-state index contributed by atoms with van der Waals surface area (Å²) in [4.78, 5) is 4.20. The molecule has 22 heavy (non-hydrogen) atoms. The largest absolute Gasteiger partial charge is 0.573 e. The Morgan fingerprint density at radius 1 is 1.32 bits per heavy atom. The van der Waals surface area contributed by atoms with E-state index < -0.39 is 6.36 Å². The van der Waals surface area contributed by atoms with Gasteiger partial charge in [0, 0.05) is 18.2 Å². The van der Waals surface area contributed by atoms with Crippen LogP contribution >= 0.6 is 0 Å². The van der Waals surface area contributed by atoms with Gasteiger partial charge in [-0.1, -0.05) is 25.1 Å². The van der Waals surface area contributed by atoms with Crippen molar-refractivity contribution in [2.24, 2.45) is 5.92 Å². The molecule has 0 atom stereocenters. The van der Waals surface area contributed by atoms with Crippen molar-refractivity contribution in [1.82, 2.24) is 10.1 Å². The van der Waals surface area contributed by atoms with E-state index in [1.807, 2.05) is 13.8 Å². The van der Waals surface area contributed by atoms with Crippen molar-refractivity contribution in [2.75, 3.05) is 5.32 Å². The van der Waals surface area contributed by atoms with Crippen LogP contribution in [-0.4, -0.2) is 16.5 Å². The van der Waals surface area contributed by atoms with Crippen LogP contribution in [0.25, 0.3) is 0 Å². The van der Waals surface area contributed by atoms with Crippen LogP contribution < -0.4 is 10.1 Å². The second-order valence-electron chi connectivity index (χ2n) is 5.13. The zero-order chi connectivity index (χ0) is 16.2. The fourth-order valence-electron chi connectivity index (χ4n) is 1.79. The smallest absolute Gasteiger partial charge is 0.406 e. The van der Waals surface area contributed by atoms with Gasteiger partial charge < -0.3 is 14.6 Å². The number of rotatable bonds is 6. The highest BCUT2D eigenvalue weighted by Gasteiger charge is 2.31. The van der Waals surface area contributed by atoms with Crippen LogP contribution in [0.5, 0.6) is 5.75 Å². The average molecular weight is 315 g/mol. The zero-order valence-corrected chi connectivity index (χ0v) is 12.1. The number of ether oxygens (including phenoxy) is 1. The Balaban J connectivity index is 1.94. The predicted octanol–water partition coefficient (Wildman–Crippen LogP) is 3.78. The molecule has 8 heteroatoms. The summed E-state index contributed by atoms with van der Waals surface area (Å²) in [6.07, 6.45) is -4.00. The number of anilines is 1. The monoisotopic (exact) mass is 315 g/mol. The van der Waals surface area contributed by atoms with E-state index in [9.17, 15) is 13.2 Å². The third-order valence-corrected chi connectivity index (χ3v) is 2.61. The number of aromatic nitrogens is 2. The van der Waals surface area contributed by atoms with Crippen molar-refractivity contribution < 1.29 is 22.4 Å². The van der Waals surface area contributed by atoms with Gasteiger partial charge in [0.15, 0.2) is 5.82 Å². The lowest BCUT2D eigenvalue weighted by atomic mass is 10.1. The molecular formula is C14H16F3N3O2. The minimum absolute atomic E-state index is 0.223. The maximum absolute atomic E-state index is 12.2. The molecule has 0 unspecified atom stereocenters. The molecule has 2 rings (SSSR count). The molecule has 0 aliphatic carbocycles. The first-order valence-corrected chi connectivity index (χ1v) is 6.73. The fraction of sp³-hybridized carbons (Fsp3) is 0.429. The average Bonchev–Trinajstić information content (AvgIpc) is 2.81. The fourth-order valence-corrected chi connectivity index (χ4v) is 1.79. The summed E-state index contributed by atoms with van der Waals surface area (Å²) in [7, 11) is 0. The summed E-state index contributed by atoms with van der Waals surface area (Å²) in [5.74, 6) is 1.11. The van der Waals surface area contributed by atoms with Gasteiger partial charge in [-0.3, -0.25) is 0 Å². The second kappa shape index (κ2) is 6.67. The van der Waals surface area contributed by atoms with Gasteiger partial charge >= 0.3 is 6.36 Å². The Hall–Kier alpha value is -2.25. The van der Waals surface area contributed by atoms with Gasteiger partial charge in [-0.15, -0.1) is 13.2 Å². The zero-order valence-electron chi connectivity index (χ0n) is 12.1. The number of nitrogens with zero attached hydrogens (tertiary/aromatic N) is 2. The number of hydrogen-bond donors (Lipinski definition) is 1. The lowest BCUT2D eigenvalue weighted by Gasteiger charge is -2.10. The van der Waals surface area contributed by atoms with Crippen LogP contribution in [0.2, 0.25) is 0 Å². The minimum atomic E-state index is -4.71.